The molecule has 2 rings (SSSR count). The van der Waals surface area contributed by atoms with E-state index in [0.717, 1.165) is 24.2 Å². The van der Waals surface area contributed by atoms with E-state index in [0.29, 0.717) is 17.9 Å². The Morgan fingerprint density at radius 1 is 1.42 bits per heavy atom. The molecular weight excluding hydrogens is 260 g/mol. The number of anilines is 1. The molecule has 19 heavy (non-hydrogen) atoms. The average molecular weight is 276 g/mol. The molecule has 0 radical (unpaired) electrons. The van der Waals surface area contributed by atoms with Crippen molar-refractivity contribution in [3.05, 3.63) is 40.0 Å². The maximum atomic E-state index is 12.0. The van der Waals surface area contributed by atoms with Crippen LogP contribution in [0.3, 0.4) is 0 Å². The Balaban J connectivity index is 2.05. The second kappa shape index (κ2) is 6.29. The molecule has 5 nitrogen and oxygen atoms in total. The summed E-state index contributed by atoms with van der Waals surface area (Å²) >= 11 is 1.51. The summed E-state index contributed by atoms with van der Waals surface area (Å²) in [6.07, 6.45) is 1.79. The molecule has 6 heteroatoms. The zero-order chi connectivity index (χ0) is 13.7. The van der Waals surface area contributed by atoms with Gasteiger partial charge in [0.25, 0.3) is 5.91 Å². The quantitative estimate of drug-likeness (QED) is 0.875. The third kappa shape index (κ3) is 3.75. The van der Waals surface area contributed by atoms with Crippen molar-refractivity contribution >= 4 is 23.1 Å². The van der Waals surface area contributed by atoms with Crippen LogP contribution in [0.15, 0.2) is 23.0 Å². The third-order valence-corrected chi connectivity index (χ3v) is 3.22. The number of carbonyl (C=O) groups is 1. The van der Waals surface area contributed by atoms with Crippen molar-refractivity contribution in [2.75, 3.05) is 5.73 Å². The lowest BCUT2D eigenvalue weighted by molar-refractivity contribution is 0.0950. The predicted octanol–water partition coefficient (Wildman–Crippen LogP) is 2.00. The van der Waals surface area contributed by atoms with Gasteiger partial charge >= 0.3 is 0 Å². The second-order valence-electron chi connectivity index (χ2n) is 4.18. The molecule has 3 N–H and O–H groups in total. The lowest BCUT2D eigenvalue weighted by atomic mass is 10.1. The van der Waals surface area contributed by atoms with Gasteiger partial charge in [-0.05, 0) is 18.6 Å². The van der Waals surface area contributed by atoms with Gasteiger partial charge in [0, 0.05) is 16.6 Å². The van der Waals surface area contributed by atoms with E-state index in [4.69, 9.17) is 5.73 Å². The minimum atomic E-state index is -0.153. The summed E-state index contributed by atoms with van der Waals surface area (Å²) in [5.74, 6) is 0.226. The van der Waals surface area contributed by atoms with Crippen LogP contribution in [-0.4, -0.2) is 15.9 Å². The zero-order valence-electron chi connectivity index (χ0n) is 10.7. The lowest BCUT2D eigenvalue weighted by Gasteiger charge is -2.06. The fourth-order valence-corrected chi connectivity index (χ4v) is 2.28. The van der Waals surface area contributed by atoms with Crippen molar-refractivity contribution in [2.45, 2.75) is 26.3 Å². The first-order chi connectivity index (χ1) is 9.19. The fraction of sp³-hybridized carbons (Fsp3) is 0.308. The standard InChI is InChI=1S/C13H16N4OS/c1-2-3-10-4-9(5-12(14)17-10)13(18)15-6-11-7-19-8-16-11/h4-5,7-8H,2-3,6H2,1H3,(H2,14,17)(H,15,18). The van der Waals surface area contributed by atoms with Gasteiger partial charge in [0.05, 0.1) is 17.7 Å². The molecule has 0 aliphatic carbocycles. The summed E-state index contributed by atoms with van der Waals surface area (Å²) in [7, 11) is 0. The second-order valence-corrected chi connectivity index (χ2v) is 4.90. The highest BCUT2D eigenvalue weighted by molar-refractivity contribution is 7.07. The summed E-state index contributed by atoms with van der Waals surface area (Å²) in [5.41, 5.74) is 9.71. The van der Waals surface area contributed by atoms with Crippen molar-refractivity contribution in [3.8, 4) is 0 Å². The van der Waals surface area contributed by atoms with Crippen LogP contribution < -0.4 is 11.1 Å². The van der Waals surface area contributed by atoms with E-state index in [1.165, 1.54) is 11.3 Å². The minimum absolute atomic E-state index is 0.153. The van der Waals surface area contributed by atoms with Gasteiger partial charge in [0.15, 0.2) is 0 Å². The van der Waals surface area contributed by atoms with Gasteiger partial charge in [-0.15, -0.1) is 11.3 Å². The normalized spacial score (nSPS) is 10.4. The van der Waals surface area contributed by atoms with Crippen LogP contribution in [0.2, 0.25) is 0 Å². The van der Waals surface area contributed by atoms with Crippen LogP contribution in [0.4, 0.5) is 5.82 Å². The molecular formula is C13H16N4OS. The maximum Gasteiger partial charge on any atom is 0.251 e. The number of aromatic nitrogens is 2. The highest BCUT2D eigenvalue weighted by atomic mass is 32.1. The number of hydrogen-bond acceptors (Lipinski definition) is 5. The van der Waals surface area contributed by atoms with Crippen molar-refractivity contribution < 1.29 is 4.79 Å². The van der Waals surface area contributed by atoms with Crippen LogP contribution in [0, 0.1) is 0 Å². The number of thiazole rings is 1. The molecule has 0 saturated carbocycles. The monoisotopic (exact) mass is 276 g/mol. The highest BCUT2D eigenvalue weighted by Crippen LogP contribution is 2.10. The summed E-state index contributed by atoms with van der Waals surface area (Å²) in [4.78, 5) is 20.3. The molecule has 2 aromatic heterocycles. The van der Waals surface area contributed by atoms with E-state index in [1.807, 2.05) is 5.38 Å². The van der Waals surface area contributed by atoms with E-state index in [9.17, 15) is 4.79 Å². The van der Waals surface area contributed by atoms with Gasteiger partial charge in [-0.25, -0.2) is 9.97 Å². The summed E-state index contributed by atoms with van der Waals surface area (Å²) in [6, 6.07) is 3.38. The molecule has 0 spiro atoms. The largest absolute Gasteiger partial charge is 0.384 e. The van der Waals surface area contributed by atoms with Crippen LogP contribution in [0.25, 0.3) is 0 Å². The maximum absolute atomic E-state index is 12.0. The van der Waals surface area contributed by atoms with Crippen molar-refractivity contribution in [1.29, 1.82) is 0 Å². The molecule has 0 aromatic carbocycles. The Labute approximate surface area is 115 Å². The van der Waals surface area contributed by atoms with E-state index in [2.05, 4.69) is 22.2 Å². The number of aryl methyl sites for hydroxylation is 1. The van der Waals surface area contributed by atoms with Gasteiger partial charge < -0.3 is 11.1 Å². The van der Waals surface area contributed by atoms with Gasteiger partial charge in [0.2, 0.25) is 0 Å². The SMILES string of the molecule is CCCc1cc(C(=O)NCc2cscn2)cc(N)n1. The Hall–Kier alpha value is -1.95. The van der Waals surface area contributed by atoms with E-state index >= 15 is 0 Å². The molecule has 0 bridgehead atoms. The van der Waals surface area contributed by atoms with Crippen molar-refractivity contribution in [2.24, 2.45) is 0 Å². The third-order valence-electron chi connectivity index (χ3n) is 2.58. The van der Waals surface area contributed by atoms with Gasteiger partial charge in [-0.3, -0.25) is 4.79 Å². The molecule has 2 heterocycles. The van der Waals surface area contributed by atoms with Crippen molar-refractivity contribution in [1.82, 2.24) is 15.3 Å². The average Bonchev–Trinajstić information content (AvgIpc) is 2.88. The summed E-state index contributed by atoms with van der Waals surface area (Å²) < 4.78 is 0. The molecule has 1 amide bonds. The predicted molar refractivity (Wildman–Crippen MR) is 75.9 cm³/mol. The number of pyridine rings is 1. The molecule has 0 atom stereocenters. The number of amides is 1. The number of nitrogens with two attached hydrogens (primary N) is 1. The molecule has 0 aliphatic heterocycles. The molecule has 0 aliphatic rings. The first kappa shape index (κ1) is 13.5. The fourth-order valence-electron chi connectivity index (χ4n) is 1.72. The number of hydrogen-bond donors (Lipinski definition) is 2. The molecule has 0 fully saturated rings. The first-order valence-corrected chi connectivity index (χ1v) is 7.05. The number of nitrogens with one attached hydrogen (secondary N) is 1. The van der Waals surface area contributed by atoms with Crippen LogP contribution in [-0.2, 0) is 13.0 Å². The summed E-state index contributed by atoms with van der Waals surface area (Å²) in [5, 5.41) is 4.73. The summed E-state index contributed by atoms with van der Waals surface area (Å²) in [6.45, 7) is 2.49. The molecule has 0 unspecified atom stereocenters. The molecule has 100 valence electrons. The van der Waals surface area contributed by atoms with Crippen LogP contribution in [0.5, 0.6) is 0 Å². The van der Waals surface area contributed by atoms with Gasteiger partial charge in [-0.2, -0.15) is 0 Å². The van der Waals surface area contributed by atoms with E-state index in [-0.39, 0.29) is 5.91 Å². The molecule has 0 saturated heterocycles. The smallest absolute Gasteiger partial charge is 0.251 e. The Kier molecular flexibility index (Phi) is 4.46. The molecule has 2 aromatic rings. The lowest BCUT2D eigenvalue weighted by Crippen LogP contribution is -2.23. The minimum Gasteiger partial charge on any atom is -0.384 e. The highest BCUT2D eigenvalue weighted by Gasteiger charge is 2.09. The number of carbonyl (C=O) groups excluding carboxylic acids is 1. The first-order valence-electron chi connectivity index (χ1n) is 6.10. The number of nitrogens with zero attached hydrogens (tertiary/aromatic N) is 2. The topological polar surface area (TPSA) is 80.9 Å². The van der Waals surface area contributed by atoms with Gasteiger partial charge in [0.1, 0.15) is 5.82 Å². The number of rotatable bonds is 5. The van der Waals surface area contributed by atoms with Crippen molar-refractivity contribution in [3.63, 3.8) is 0 Å². The Morgan fingerprint density at radius 2 is 2.26 bits per heavy atom. The Bertz CT molecular complexity index is 554. The van der Waals surface area contributed by atoms with E-state index < -0.39 is 0 Å². The van der Waals surface area contributed by atoms with Crippen LogP contribution in [0.1, 0.15) is 35.1 Å². The number of nitrogen functional groups attached to an aromatic ring is 1. The zero-order valence-corrected chi connectivity index (χ0v) is 11.5. The Morgan fingerprint density at radius 3 is 2.95 bits per heavy atom. The van der Waals surface area contributed by atoms with Crippen LogP contribution >= 0.6 is 11.3 Å². The van der Waals surface area contributed by atoms with Gasteiger partial charge in [-0.1, -0.05) is 13.3 Å². The van der Waals surface area contributed by atoms with E-state index in [1.54, 1.807) is 17.6 Å².